The SMILES string of the molecule is Cc1ccc(S(=O)(=O)N2C[C@@H](O)[C@@H]3[C@@H](I)CCC[C@@H]32)cc1. The van der Waals surface area contributed by atoms with Gasteiger partial charge in [-0.3, -0.25) is 0 Å². The van der Waals surface area contributed by atoms with Gasteiger partial charge in [-0.1, -0.05) is 46.7 Å². The Labute approximate surface area is 139 Å². The molecular weight excluding hydrogens is 401 g/mol. The van der Waals surface area contributed by atoms with E-state index in [9.17, 15) is 13.5 Å². The second kappa shape index (κ2) is 5.79. The molecule has 0 bridgehead atoms. The Morgan fingerprint density at radius 2 is 1.90 bits per heavy atom. The lowest BCUT2D eigenvalue weighted by atomic mass is 9.84. The minimum Gasteiger partial charge on any atom is -0.391 e. The van der Waals surface area contributed by atoms with Gasteiger partial charge in [0.25, 0.3) is 0 Å². The highest BCUT2D eigenvalue weighted by atomic mass is 127. The molecule has 1 aromatic carbocycles. The Hall–Kier alpha value is -0.180. The van der Waals surface area contributed by atoms with Crippen molar-refractivity contribution < 1.29 is 13.5 Å². The Bertz CT molecular complexity index is 616. The minimum atomic E-state index is -3.51. The smallest absolute Gasteiger partial charge is 0.243 e. The maximum absolute atomic E-state index is 12.9. The van der Waals surface area contributed by atoms with Crippen molar-refractivity contribution in [3.63, 3.8) is 0 Å². The molecule has 1 aromatic rings. The third kappa shape index (κ3) is 2.75. The van der Waals surface area contributed by atoms with E-state index in [-0.39, 0.29) is 18.5 Å². The average molecular weight is 421 g/mol. The van der Waals surface area contributed by atoms with Gasteiger partial charge in [0.05, 0.1) is 11.0 Å². The lowest BCUT2D eigenvalue weighted by molar-refractivity contribution is 0.127. The fourth-order valence-corrected chi connectivity index (χ4v) is 6.65. The summed E-state index contributed by atoms with van der Waals surface area (Å²) in [5, 5.41) is 10.3. The number of nitrogens with zero attached hydrogens (tertiary/aromatic N) is 1. The molecule has 0 amide bonds. The Kier molecular flexibility index (Phi) is 4.33. The number of aliphatic hydroxyl groups excluding tert-OH is 1. The van der Waals surface area contributed by atoms with Crippen LogP contribution in [0.3, 0.4) is 0 Å². The lowest BCUT2D eigenvalue weighted by Gasteiger charge is -2.34. The van der Waals surface area contributed by atoms with E-state index in [1.165, 1.54) is 4.31 Å². The van der Waals surface area contributed by atoms with Gasteiger partial charge in [0.1, 0.15) is 0 Å². The number of hydrogen-bond donors (Lipinski definition) is 1. The van der Waals surface area contributed by atoms with Crippen LogP contribution in [0.25, 0.3) is 0 Å². The number of sulfonamides is 1. The van der Waals surface area contributed by atoms with Crippen LogP contribution in [-0.4, -0.2) is 40.4 Å². The highest BCUT2D eigenvalue weighted by Gasteiger charge is 2.50. The van der Waals surface area contributed by atoms with Crippen LogP contribution in [-0.2, 0) is 10.0 Å². The van der Waals surface area contributed by atoms with Gasteiger partial charge >= 0.3 is 0 Å². The van der Waals surface area contributed by atoms with Gasteiger partial charge in [0.15, 0.2) is 0 Å². The lowest BCUT2D eigenvalue weighted by Crippen LogP contribution is -2.42. The van der Waals surface area contributed by atoms with E-state index in [1.807, 2.05) is 19.1 Å². The molecule has 1 saturated heterocycles. The molecule has 1 aliphatic heterocycles. The van der Waals surface area contributed by atoms with Crippen molar-refractivity contribution in [1.29, 1.82) is 0 Å². The monoisotopic (exact) mass is 421 g/mol. The molecule has 21 heavy (non-hydrogen) atoms. The van der Waals surface area contributed by atoms with E-state index in [0.29, 0.717) is 8.82 Å². The van der Waals surface area contributed by atoms with Crippen molar-refractivity contribution in [3.05, 3.63) is 29.8 Å². The van der Waals surface area contributed by atoms with Crippen LogP contribution in [0, 0.1) is 12.8 Å². The number of benzene rings is 1. The van der Waals surface area contributed by atoms with Gasteiger partial charge in [-0.05, 0) is 31.9 Å². The Morgan fingerprint density at radius 1 is 1.24 bits per heavy atom. The summed E-state index contributed by atoms with van der Waals surface area (Å²) in [6.07, 6.45) is 2.41. The number of aryl methyl sites for hydroxylation is 1. The average Bonchev–Trinajstić information content (AvgIpc) is 2.79. The summed E-state index contributed by atoms with van der Waals surface area (Å²) < 4.78 is 27.6. The van der Waals surface area contributed by atoms with Crippen LogP contribution in [0.15, 0.2) is 29.2 Å². The molecule has 4 atom stereocenters. The number of fused-ring (bicyclic) bond motifs is 1. The van der Waals surface area contributed by atoms with Gasteiger partial charge in [0, 0.05) is 22.4 Å². The Balaban J connectivity index is 1.94. The zero-order valence-corrected chi connectivity index (χ0v) is 14.9. The van der Waals surface area contributed by atoms with Gasteiger partial charge in [0.2, 0.25) is 10.0 Å². The number of halogens is 1. The molecule has 1 aliphatic carbocycles. The number of aliphatic hydroxyl groups is 1. The molecule has 1 heterocycles. The quantitative estimate of drug-likeness (QED) is 0.589. The molecule has 6 heteroatoms. The minimum absolute atomic E-state index is 0.0537. The Morgan fingerprint density at radius 3 is 2.57 bits per heavy atom. The maximum Gasteiger partial charge on any atom is 0.243 e. The van der Waals surface area contributed by atoms with Crippen molar-refractivity contribution in [3.8, 4) is 0 Å². The first-order chi connectivity index (χ1) is 9.91. The highest BCUT2D eigenvalue weighted by molar-refractivity contribution is 14.1. The van der Waals surface area contributed by atoms with Crippen molar-refractivity contribution in [1.82, 2.24) is 4.31 Å². The molecule has 0 spiro atoms. The molecular formula is C15H20INO3S. The van der Waals surface area contributed by atoms with Gasteiger partial charge < -0.3 is 5.11 Å². The molecule has 0 radical (unpaired) electrons. The van der Waals surface area contributed by atoms with E-state index >= 15 is 0 Å². The first-order valence-electron chi connectivity index (χ1n) is 7.32. The second-order valence-electron chi connectivity index (χ2n) is 6.05. The predicted octanol–water partition coefficient (Wildman–Crippen LogP) is 2.33. The summed E-state index contributed by atoms with van der Waals surface area (Å²) in [4.78, 5) is 0.330. The van der Waals surface area contributed by atoms with Crippen LogP contribution in [0.5, 0.6) is 0 Å². The van der Waals surface area contributed by atoms with Gasteiger partial charge in [-0.2, -0.15) is 4.31 Å². The molecule has 0 unspecified atom stereocenters. The normalized spacial score (nSPS) is 33.9. The zero-order chi connectivity index (χ0) is 15.2. The van der Waals surface area contributed by atoms with Crippen molar-refractivity contribution in [2.75, 3.05) is 6.54 Å². The zero-order valence-electron chi connectivity index (χ0n) is 11.9. The number of β-amino-alcohol motifs (C(OH)–C–C–N with tert-alkyl or cyclic N) is 1. The van der Waals surface area contributed by atoms with E-state index in [4.69, 9.17) is 0 Å². The number of hydrogen-bond acceptors (Lipinski definition) is 3. The fourth-order valence-electron chi connectivity index (χ4n) is 3.54. The maximum atomic E-state index is 12.9. The summed E-state index contributed by atoms with van der Waals surface area (Å²) in [5.74, 6) is 0.0690. The fraction of sp³-hybridized carbons (Fsp3) is 0.600. The third-order valence-corrected chi connectivity index (χ3v) is 8.01. The van der Waals surface area contributed by atoms with Crippen molar-refractivity contribution in [2.24, 2.45) is 5.92 Å². The van der Waals surface area contributed by atoms with Crippen LogP contribution in [0.4, 0.5) is 0 Å². The van der Waals surface area contributed by atoms with E-state index in [1.54, 1.807) is 12.1 Å². The van der Waals surface area contributed by atoms with Crippen molar-refractivity contribution >= 4 is 32.6 Å². The predicted molar refractivity (Wildman–Crippen MR) is 90.0 cm³/mol. The van der Waals surface area contributed by atoms with Crippen LogP contribution in [0.2, 0.25) is 0 Å². The summed E-state index contributed by atoms with van der Waals surface area (Å²) in [6.45, 7) is 2.17. The van der Waals surface area contributed by atoms with E-state index in [2.05, 4.69) is 22.6 Å². The summed E-state index contributed by atoms with van der Waals surface area (Å²) in [6, 6.07) is 6.91. The van der Waals surface area contributed by atoms with Crippen molar-refractivity contribution in [2.45, 2.75) is 47.2 Å². The molecule has 1 saturated carbocycles. The first-order valence-corrected chi connectivity index (χ1v) is 10.0. The number of rotatable bonds is 2. The molecule has 4 nitrogen and oxygen atoms in total. The molecule has 0 aromatic heterocycles. The van der Waals surface area contributed by atoms with Crippen LogP contribution >= 0.6 is 22.6 Å². The van der Waals surface area contributed by atoms with E-state index in [0.717, 1.165) is 24.8 Å². The summed E-state index contributed by atoms with van der Waals surface area (Å²) in [7, 11) is -3.51. The molecule has 2 aliphatic rings. The molecule has 116 valence electrons. The first kappa shape index (κ1) is 15.7. The standard InChI is InChI=1S/C15H20INO3S/c1-10-5-7-11(8-6-10)21(19,20)17-9-14(18)15-12(16)3-2-4-13(15)17/h5-8,12-15,18H,2-4,9H2,1H3/t12-,13-,14+,15+/m0/s1. The number of alkyl halides is 1. The molecule has 3 rings (SSSR count). The van der Waals surface area contributed by atoms with Gasteiger partial charge in [-0.15, -0.1) is 0 Å². The summed E-state index contributed by atoms with van der Waals surface area (Å²) in [5.41, 5.74) is 1.04. The second-order valence-corrected chi connectivity index (χ2v) is 9.54. The molecule has 2 fully saturated rings. The van der Waals surface area contributed by atoms with E-state index < -0.39 is 16.1 Å². The van der Waals surface area contributed by atoms with Gasteiger partial charge in [-0.25, -0.2) is 8.42 Å². The molecule has 1 N–H and O–H groups in total. The van der Waals surface area contributed by atoms with Crippen LogP contribution in [0.1, 0.15) is 24.8 Å². The third-order valence-electron chi connectivity index (χ3n) is 4.65. The largest absolute Gasteiger partial charge is 0.391 e. The van der Waals surface area contributed by atoms with Crippen LogP contribution < -0.4 is 0 Å². The topological polar surface area (TPSA) is 57.6 Å². The summed E-state index contributed by atoms with van der Waals surface area (Å²) >= 11 is 2.36. The highest BCUT2D eigenvalue weighted by Crippen LogP contribution is 2.42.